The van der Waals surface area contributed by atoms with Crippen molar-refractivity contribution in [2.75, 3.05) is 6.54 Å². The Hall–Kier alpha value is -3.01. The summed E-state index contributed by atoms with van der Waals surface area (Å²) in [7, 11) is -3.67. The highest BCUT2D eigenvalue weighted by Gasteiger charge is 2.15. The number of thiophene rings is 1. The highest BCUT2D eigenvalue weighted by Crippen LogP contribution is 2.12. The number of carbonyl (C=O) groups excluding carboxylic acids is 2. The molecule has 31 heavy (non-hydrogen) atoms. The Labute approximate surface area is 185 Å². The number of hydrogen-bond donors (Lipinski definition) is 3. The van der Waals surface area contributed by atoms with Crippen LogP contribution in [0.3, 0.4) is 0 Å². The van der Waals surface area contributed by atoms with E-state index in [0.717, 1.165) is 16.9 Å². The molecule has 0 aliphatic heterocycles. The number of sulfonamides is 1. The molecule has 3 rings (SSSR count). The fourth-order valence-corrected chi connectivity index (χ4v) is 4.52. The van der Waals surface area contributed by atoms with Gasteiger partial charge in [0.25, 0.3) is 11.8 Å². The standard InChI is InChI=1S/C22H23N3O4S2/c1-2-16-5-7-17(8-6-16)21(26)24-25-22(27)18-9-11-20(12-10-18)31(28,29)23-14-13-19-4-3-15-30-19/h3-12,15,23H,2,13-14H2,1H3,(H,24,26)(H,25,27). The fourth-order valence-electron chi connectivity index (χ4n) is 2.78. The van der Waals surface area contributed by atoms with E-state index in [-0.39, 0.29) is 17.0 Å². The lowest BCUT2D eigenvalue weighted by atomic mass is 10.1. The van der Waals surface area contributed by atoms with Crippen molar-refractivity contribution in [1.82, 2.24) is 15.6 Å². The molecule has 0 bridgehead atoms. The molecule has 9 heteroatoms. The normalized spacial score (nSPS) is 11.1. The third kappa shape index (κ3) is 6.24. The van der Waals surface area contributed by atoms with Gasteiger partial charge in [0, 0.05) is 22.5 Å². The van der Waals surface area contributed by atoms with Crippen molar-refractivity contribution in [3.63, 3.8) is 0 Å². The summed E-state index contributed by atoms with van der Waals surface area (Å²) in [6.45, 7) is 2.31. The van der Waals surface area contributed by atoms with E-state index < -0.39 is 21.8 Å². The predicted molar refractivity (Wildman–Crippen MR) is 120 cm³/mol. The van der Waals surface area contributed by atoms with Crippen LogP contribution in [0.2, 0.25) is 0 Å². The average Bonchev–Trinajstić information content (AvgIpc) is 3.31. The number of nitrogens with one attached hydrogen (secondary N) is 3. The summed E-state index contributed by atoms with van der Waals surface area (Å²) in [4.78, 5) is 25.6. The zero-order chi connectivity index (χ0) is 22.3. The number of benzene rings is 2. The van der Waals surface area contributed by atoms with Crippen LogP contribution >= 0.6 is 11.3 Å². The second-order valence-corrected chi connectivity index (χ2v) is 9.51. The van der Waals surface area contributed by atoms with E-state index in [1.54, 1.807) is 23.5 Å². The minimum Gasteiger partial charge on any atom is -0.267 e. The van der Waals surface area contributed by atoms with Crippen LogP contribution < -0.4 is 15.6 Å². The van der Waals surface area contributed by atoms with Crippen LogP contribution in [-0.4, -0.2) is 26.8 Å². The van der Waals surface area contributed by atoms with Crippen LogP contribution in [0.25, 0.3) is 0 Å². The molecular weight excluding hydrogens is 434 g/mol. The summed E-state index contributed by atoms with van der Waals surface area (Å²) >= 11 is 1.57. The Balaban J connectivity index is 1.53. The Morgan fingerprint density at radius 1 is 0.871 bits per heavy atom. The second-order valence-electron chi connectivity index (χ2n) is 6.71. The number of carbonyl (C=O) groups is 2. The maximum absolute atomic E-state index is 12.4. The molecule has 1 aromatic heterocycles. The van der Waals surface area contributed by atoms with E-state index in [0.29, 0.717) is 12.0 Å². The monoisotopic (exact) mass is 457 g/mol. The van der Waals surface area contributed by atoms with Crippen molar-refractivity contribution in [1.29, 1.82) is 0 Å². The van der Waals surface area contributed by atoms with Crippen LogP contribution in [0, 0.1) is 0 Å². The van der Waals surface area contributed by atoms with E-state index in [2.05, 4.69) is 15.6 Å². The minimum absolute atomic E-state index is 0.0651. The summed E-state index contributed by atoms with van der Waals surface area (Å²) in [6.07, 6.45) is 1.48. The molecule has 0 saturated heterocycles. The molecule has 2 amide bonds. The first-order chi connectivity index (χ1) is 14.9. The molecule has 0 spiro atoms. The third-order valence-corrected chi connectivity index (χ3v) is 7.00. The first-order valence-corrected chi connectivity index (χ1v) is 12.1. The topological polar surface area (TPSA) is 104 Å². The molecule has 162 valence electrons. The molecule has 0 unspecified atom stereocenters. The van der Waals surface area contributed by atoms with Gasteiger partial charge in [-0.15, -0.1) is 11.3 Å². The molecule has 2 aromatic carbocycles. The van der Waals surface area contributed by atoms with Crippen molar-refractivity contribution in [3.8, 4) is 0 Å². The molecule has 0 radical (unpaired) electrons. The molecule has 0 aliphatic carbocycles. The van der Waals surface area contributed by atoms with Gasteiger partial charge in [-0.3, -0.25) is 20.4 Å². The predicted octanol–water partition coefficient (Wildman–Crippen LogP) is 2.91. The molecule has 3 N–H and O–H groups in total. The summed E-state index contributed by atoms with van der Waals surface area (Å²) in [5.74, 6) is -0.988. The molecular formula is C22H23N3O4S2. The molecule has 0 saturated carbocycles. The van der Waals surface area contributed by atoms with Gasteiger partial charge >= 0.3 is 0 Å². The van der Waals surface area contributed by atoms with Crippen LogP contribution in [-0.2, 0) is 22.9 Å². The average molecular weight is 458 g/mol. The highest BCUT2D eigenvalue weighted by molar-refractivity contribution is 7.89. The Morgan fingerprint density at radius 2 is 1.45 bits per heavy atom. The maximum Gasteiger partial charge on any atom is 0.269 e. The summed E-state index contributed by atoms with van der Waals surface area (Å²) in [5, 5.41) is 1.94. The largest absolute Gasteiger partial charge is 0.269 e. The number of hydrazine groups is 1. The summed E-state index contributed by atoms with van der Waals surface area (Å²) < 4.78 is 27.3. The number of rotatable bonds is 8. The van der Waals surface area contributed by atoms with Gasteiger partial charge in [-0.1, -0.05) is 25.1 Å². The van der Waals surface area contributed by atoms with Crippen LogP contribution in [0.15, 0.2) is 70.9 Å². The highest BCUT2D eigenvalue weighted by atomic mass is 32.2. The summed E-state index contributed by atoms with van der Waals surface area (Å²) in [6, 6.07) is 16.4. The van der Waals surface area contributed by atoms with Crippen molar-refractivity contribution in [3.05, 3.63) is 87.6 Å². The fraction of sp³-hybridized carbons (Fsp3) is 0.182. The van der Waals surface area contributed by atoms with Crippen LogP contribution in [0.1, 0.15) is 38.1 Å². The van der Waals surface area contributed by atoms with Crippen LogP contribution in [0.4, 0.5) is 0 Å². The summed E-state index contributed by atoms with van der Waals surface area (Å²) in [5.41, 5.74) is 6.44. The van der Waals surface area contributed by atoms with Crippen molar-refractivity contribution < 1.29 is 18.0 Å². The molecule has 0 aliphatic rings. The Kier molecular flexibility index (Phi) is 7.56. The van der Waals surface area contributed by atoms with Gasteiger partial charge in [-0.2, -0.15) is 0 Å². The van der Waals surface area contributed by atoms with Crippen molar-refractivity contribution in [2.45, 2.75) is 24.7 Å². The van der Waals surface area contributed by atoms with Crippen molar-refractivity contribution >= 4 is 33.2 Å². The van der Waals surface area contributed by atoms with E-state index in [9.17, 15) is 18.0 Å². The van der Waals surface area contributed by atoms with Crippen LogP contribution in [0.5, 0.6) is 0 Å². The molecule has 0 atom stereocenters. The quantitative estimate of drug-likeness (QED) is 0.453. The van der Waals surface area contributed by atoms with E-state index in [4.69, 9.17) is 0 Å². The zero-order valence-electron chi connectivity index (χ0n) is 16.9. The van der Waals surface area contributed by atoms with E-state index in [1.807, 2.05) is 36.6 Å². The van der Waals surface area contributed by atoms with Gasteiger partial charge in [-0.05, 0) is 66.2 Å². The Bertz CT molecular complexity index is 1120. The molecule has 3 aromatic rings. The molecule has 1 heterocycles. The second kappa shape index (κ2) is 10.3. The van der Waals surface area contributed by atoms with Gasteiger partial charge in [0.15, 0.2) is 0 Å². The Morgan fingerprint density at radius 3 is 1.97 bits per heavy atom. The smallest absolute Gasteiger partial charge is 0.267 e. The molecule has 0 fully saturated rings. The lowest BCUT2D eigenvalue weighted by Crippen LogP contribution is -2.41. The molecule has 7 nitrogen and oxygen atoms in total. The zero-order valence-corrected chi connectivity index (χ0v) is 18.6. The van der Waals surface area contributed by atoms with Gasteiger partial charge < -0.3 is 0 Å². The van der Waals surface area contributed by atoms with Gasteiger partial charge in [0.1, 0.15) is 0 Å². The number of hydrogen-bond acceptors (Lipinski definition) is 5. The van der Waals surface area contributed by atoms with Crippen molar-refractivity contribution in [2.24, 2.45) is 0 Å². The van der Waals surface area contributed by atoms with Gasteiger partial charge in [0.2, 0.25) is 10.0 Å². The SMILES string of the molecule is CCc1ccc(C(=O)NNC(=O)c2ccc(S(=O)(=O)NCCc3cccs3)cc2)cc1. The lowest BCUT2D eigenvalue weighted by Gasteiger charge is -2.09. The van der Waals surface area contributed by atoms with E-state index >= 15 is 0 Å². The number of amides is 2. The first kappa shape index (κ1) is 22.7. The van der Waals surface area contributed by atoms with Gasteiger partial charge in [-0.25, -0.2) is 13.1 Å². The first-order valence-electron chi connectivity index (χ1n) is 9.71. The number of aryl methyl sites for hydroxylation is 1. The van der Waals surface area contributed by atoms with E-state index in [1.165, 1.54) is 24.3 Å². The van der Waals surface area contributed by atoms with Gasteiger partial charge in [0.05, 0.1) is 4.90 Å². The minimum atomic E-state index is -3.67. The maximum atomic E-state index is 12.4. The third-order valence-electron chi connectivity index (χ3n) is 4.58. The lowest BCUT2D eigenvalue weighted by molar-refractivity contribution is 0.0846.